The number of nitrogens with zero attached hydrogens (tertiary/aromatic N) is 2. The Bertz CT molecular complexity index is 1430. The zero-order valence-electron chi connectivity index (χ0n) is 24.9. The van der Waals surface area contributed by atoms with E-state index in [1.165, 1.54) is 25.5 Å². The lowest BCUT2D eigenvalue weighted by atomic mass is 9.92. The number of aryl methyl sites for hydroxylation is 2. The summed E-state index contributed by atoms with van der Waals surface area (Å²) in [6, 6.07) is 12.9. The number of carbonyl (C=O) groups is 2. The van der Waals surface area contributed by atoms with Gasteiger partial charge in [0.2, 0.25) is 5.91 Å². The molecule has 1 saturated heterocycles. The van der Waals surface area contributed by atoms with Crippen LogP contribution < -0.4 is 10.9 Å². The smallest absolute Gasteiger partial charge is 0.251 e. The fourth-order valence-corrected chi connectivity index (χ4v) is 5.71. The van der Waals surface area contributed by atoms with Crippen molar-refractivity contribution in [2.24, 2.45) is 5.92 Å². The first kappa shape index (κ1) is 30.4. The molecule has 0 bridgehead atoms. The predicted octanol–water partition coefficient (Wildman–Crippen LogP) is 5.94. The molecule has 1 fully saturated rings. The Morgan fingerprint density at radius 1 is 1.02 bits per heavy atom. The van der Waals surface area contributed by atoms with Crippen molar-refractivity contribution in [3.05, 3.63) is 93.2 Å². The van der Waals surface area contributed by atoms with Gasteiger partial charge in [-0.05, 0) is 111 Å². The molecular weight excluding hydrogens is 517 g/mol. The summed E-state index contributed by atoms with van der Waals surface area (Å²) in [5, 5.41) is 3.11. The van der Waals surface area contributed by atoms with Gasteiger partial charge in [0.1, 0.15) is 17.6 Å². The molecule has 4 rings (SSSR count). The Balaban J connectivity index is 1.64. The number of halogens is 1. The molecule has 2 aromatic carbocycles. The second-order valence-electron chi connectivity index (χ2n) is 11.9. The average Bonchev–Trinajstić information content (AvgIpc) is 2.86. The average molecular weight is 560 g/mol. The van der Waals surface area contributed by atoms with E-state index < -0.39 is 12.1 Å². The van der Waals surface area contributed by atoms with Gasteiger partial charge >= 0.3 is 0 Å². The molecular formula is C34H42FN3O3. The number of hydrogen-bond acceptors (Lipinski definition) is 4. The molecule has 0 spiro atoms. The monoisotopic (exact) mass is 559 g/mol. The molecule has 1 aliphatic heterocycles. The number of benzene rings is 2. The van der Waals surface area contributed by atoms with Gasteiger partial charge in [0.05, 0.1) is 6.04 Å². The number of pyridine rings is 1. The lowest BCUT2D eigenvalue weighted by molar-refractivity contribution is -0.126. The third-order valence-electron chi connectivity index (χ3n) is 7.88. The molecule has 3 aromatic rings. The maximum atomic E-state index is 14.0. The van der Waals surface area contributed by atoms with E-state index in [-0.39, 0.29) is 35.4 Å². The van der Waals surface area contributed by atoms with Crippen molar-refractivity contribution in [2.45, 2.75) is 72.4 Å². The van der Waals surface area contributed by atoms with Crippen LogP contribution in [0.25, 0.3) is 11.1 Å². The van der Waals surface area contributed by atoms with Crippen LogP contribution in [0.3, 0.4) is 0 Å². The minimum Gasteiger partial charge on any atom is -0.347 e. The van der Waals surface area contributed by atoms with Crippen LogP contribution >= 0.6 is 0 Å². The van der Waals surface area contributed by atoms with E-state index in [0.29, 0.717) is 6.42 Å². The Kier molecular flexibility index (Phi) is 9.92. The van der Waals surface area contributed by atoms with Gasteiger partial charge in [-0.1, -0.05) is 38.1 Å². The highest BCUT2D eigenvalue weighted by Crippen LogP contribution is 2.31. The van der Waals surface area contributed by atoms with Gasteiger partial charge in [0.25, 0.3) is 5.56 Å². The Morgan fingerprint density at radius 2 is 1.73 bits per heavy atom. The van der Waals surface area contributed by atoms with E-state index in [2.05, 4.69) is 10.2 Å². The third-order valence-corrected chi connectivity index (χ3v) is 7.88. The highest BCUT2D eigenvalue weighted by atomic mass is 19.1. The summed E-state index contributed by atoms with van der Waals surface area (Å²) in [6.07, 6.45) is 4.48. The number of hydrogen-bond donors (Lipinski definition) is 1. The summed E-state index contributed by atoms with van der Waals surface area (Å²) in [4.78, 5) is 41.6. The number of rotatable bonds is 12. The fourth-order valence-electron chi connectivity index (χ4n) is 5.71. The standard InChI is InChI=1S/C34H42FN3O3/c1-22(2)16-31(38-21-26(10-11-32(38)40)12-15-37-13-7-14-37)34(41)36-30(19-25(5)39)27-8-6-9-28(20-27)33-23(3)17-29(35)18-24(33)4/h6,8-11,17-18,20-22,30-31H,7,12-16,19H2,1-5H3,(H,36,41)/t30-,31+/m0/s1. The minimum atomic E-state index is -0.703. The zero-order valence-corrected chi connectivity index (χ0v) is 24.9. The molecule has 0 aliphatic carbocycles. The first-order valence-electron chi connectivity index (χ1n) is 14.6. The number of carbonyl (C=O) groups excluding carboxylic acids is 2. The van der Waals surface area contributed by atoms with Crippen LogP contribution in [-0.4, -0.2) is 40.8 Å². The van der Waals surface area contributed by atoms with Gasteiger partial charge in [-0.2, -0.15) is 0 Å². The van der Waals surface area contributed by atoms with Gasteiger partial charge in [-0.15, -0.1) is 0 Å². The maximum absolute atomic E-state index is 14.0. The Labute approximate surface area is 242 Å². The first-order valence-corrected chi connectivity index (χ1v) is 14.6. The largest absolute Gasteiger partial charge is 0.347 e. The maximum Gasteiger partial charge on any atom is 0.251 e. The Morgan fingerprint density at radius 3 is 2.34 bits per heavy atom. The van der Waals surface area contributed by atoms with Crippen molar-refractivity contribution in [3.8, 4) is 11.1 Å². The molecule has 2 atom stereocenters. The number of Topliss-reactive ketones (excluding diaryl/α,β-unsaturated/α-hetero) is 1. The molecule has 41 heavy (non-hydrogen) atoms. The van der Waals surface area contributed by atoms with E-state index >= 15 is 0 Å². The predicted molar refractivity (Wildman–Crippen MR) is 161 cm³/mol. The van der Waals surface area contributed by atoms with Gasteiger partial charge in [-0.3, -0.25) is 14.4 Å². The normalized spacial score (nSPS) is 14.9. The second-order valence-corrected chi connectivity index (χ2v) is 11.9. The molecule has 1 N–H and O–H groups in total. The summed E-state index contributed by atoms with van der Waals surface area (Å²) < 4.78 is 15.5. The van der Waals surface area contributed by atoms with Crippen molar-refractivity contribution in [2.75, 3.05) is 19.6 Å². The summed E-state index contributed by atoms with van der Waals surface area (Å²) in [5.74, 6) is -0.453. The summed E-state index contributed by atoms with van der Waals surface area (Å²) >= 11 is 0. The zero-order chi connectivity index (χ0) is 29.7. The lowest BCUT2D eigenvalue weighted by Crippen LogP contribution is -2.40. The fraction of sp³-hybridized carbons (Fsp3) is 0.441. The van der Waals surface area contributed by atoms with Crippen molar-refractivity contribution in [1.82, 2.24) is 14.8 Å². The van der Waals surface area contributed by atoms with E-state index in [0.717, 1.165) is 59.4 Å². The number of aromatic nitrogens is 1. The van der Waals surface area contributed by atoms with E-state index in [1.807, 2.05) is 64.2 Å². The van der Waals surface area contributed by atoms with Crippen LogP contribution in [0.2, 0.25) is 0 Å². The molecule has 2 heterocycles. The number of amides is 1. The summed E-state index contributed by atoms with van der Waals surface area (Å²) in [6.45, 7) is 12.5. The molecule has 6 nitrogen and oxygen atoms in total. The molecule has 218 valence electrons. The van der Waals surface area contributed by atoms with Crippen LogP contribution in [0.5, 0.6) is 0 Å². The van der Waals surface area contributed by atoms with Crippen LogP contribution in [-0.2, 0) is 16.0 Å². The SMILES string of the molecule is CC(=O)C[C@H](NC(=O)[C@@H](CC(C)C)n1cc(CCN2CCC2)ccc1=O)c1cccc(-c2c(C)cc(F)cc2C)c1. The van der Waals surface area contributed by atoms with E-state index in [4.69, 9.17) is 0 Å². The minimum absolute atomic E-state index is 0.0552. The highest BCUT2D eigenvalue weighted by molar-refractivity contribution is 5.83. The van der Waals surface area contributed by atoms with Crippen LogP contribution in [0, 0.1) is 25.6 Å². The van der Waals surface area contributed by atoms with Crippen molar-refractivity contribution in [3.63, 3.8) is 0 Å². The number of ketones is 1. The van der Waals surface area contributed by atoms with Crippen LogP contribution in [0.1, 0.15) is 74.4 Å². The van der Waals surface area contributed by atoms with Gasteiger partial charge < -0.3 is 14.8 Å². The van der Waals surface area contributed by atoms with E-state index in [1.54, 1.807) is 10.6 Å². The Hall–Kier alpha value is -3.58. The van der Waals surface area contributed by atoms with Gasteiger partial charge in [-0.25, -0.2) is 4.39 Å². The summed E-state index contributed by atoms with van der Waals surface area (Å²) in [7, 11) is 0. The van der Waals surface area contributed by atoms with Gasteiger partial charge in [0.15, 0.2) is 0 Å². The quantitative estimate of drug-likeness (QED) is 0.298. The van der Waals surface area contributed by atoms with Crippen LogP contribution in [0.15, 0.2) is 59.5 Å². The number of nitrogens with one attached hydrogen (secondary N) is 1. The highest BCUT2D eigenvalue weighted by Gasteiger charge is 2.27. The molecule has 0 radical (unpaired) electrons. The van der Waals surface area contributed by atoms with Crippen molar-refractivity contribution in [1.29, 1.82) is 0 Å². The molecule has 1 aromatic heterocycles. The number of likely N-dealkylation sites (tertiary alicyclic amines) is 1. The van der Waals surface area contributed by atoms with E-state index in [9.17, 15) is 18.8 Å². The molecule has 7 heteroatoms. The molecule has 1 aliphatic rings. The third kappa shape index (κ3) is 7.79. The molecule has 1 amide bonds. The van der Waals surface area contributed by atoms with Crippen molar-refractivity contribution >= 4 is 11.7 Å². The second kappa shape index (κ2) is 13.4. The first-order chi connectivity index (χ1) is 19.5. The van der Waals surface area contributed by atoms with Crippen molar-refractivity contribution < 1.29 is 14.0 Å². The molecule has 0 unspecified atom stereocenters. The summed E-state index contributed by atoms with van der Waals surface area (Å²) in [5.41, 5.74) is 5.05. The van der Waals surface area contributed by atoms with Gasteiger partial charge in [0, 0.05) is 25.2 Å². The topological polar surface area (TPSA) is 71.4 Å². The molecule has 0 saturated carbocycles. The lowest BCUT2D eigenvalue weighted by Gasteiger charge is -2.30. The van der Waals surface area contributed by atoms with Crippen LogP contribution in [0.4, 0.5) is 4.39 Å².